The highest BCUT2D eigenvalue weighted by Crippen LogP contribution is 2.27. The summed E-state index contributed by atoms with van der Waals surface area (Å²) in [5, 5.41) is 13.4. The van der Waals surface area contributed by atoms with E-state index < -0.39 is 16.4 Å². The summed E-state index contributed by atoms with van der Waals surface area (Å²) in [5.74, 6) is -0.623. The number of rotatable bonds is 6. The van der Waals surface area contributed by atoms with Crippen LogP contribution in [-0.2, 0) is 0 Å². The van der Waals surface area contributed by atoms with Gasteiger partial charge in [0.05, 0.1) is 17.0 Å². The molecule has 1 aromatic rings. The third-order valence-electron chi connectivity index (χ3n) is 2.55. The predicted molar refractivity (Wildman–Crippen MR) is 76.2 cm³/mol. The first-order chi connectivity index (χ1) is 9.90. The minimum atomic E-state index is -0.742. The molecule has 0 spiro atoms. The zero-order valence-electron chi connectivity index (χ0n) is 11.3. The number of nitrogens with zero attached hydrogens (tertiary/aromatic N) is 2. The number of allylic oxidation sites excluding steroid dienone is 2. The molecule has 0 atom stereocenters. The van der Waals surface area contributed by atoms with Crippen molar-refractivity contribution in [3.63, 3.8) is 0 Å². The molecule has 0 fully saturated rings. The van der Waals surface area contributed by atoms with E-state index in [-0.39, 0.29) is 17.4 Å². The van der Waals surface area contributed by atoms with E-state index in [0.717, 1.165) is 12.3 Å². The van der Waals surface area contributed by atoms with Gasteiger partial charge in [0, 0.05) is 6.08 Å². The van der Waals surface area contributed by atoms with E-state index >= 15 is 0 Å². The molecule has 6 nitrogen and oxygen atoms in total. The van der Waals surface area contributed by atoms with Crippen LogP contribution in [0, 0.1) is 34.7 Å². The summed E-state index contributed by atoms with van der Waals surface area (Å²) in [6.45, 7) is 3.21. The molecule has 112 valence electrons. The van der Waals surface area contributed by atoms with E-state index in [1.54, 1.807) is 13.8 Å². The van der Waals surface area contributed by atoms with E-state index in [2.05, 4.69) is 5.18 Å². The minimum absolute atomic E-state index is 0.167. The van der Waals surface area contributed by atoms with Crippen LogP contribution in [-0.4, -0.2) is 10.8 Å². The Hall–Kier alpha value is -2.28. The van der Waals surface area contributed by atoms with E-state index in [9.17, 15) is 19.4 Å². The second-order valence-corrected chi connectivity index (χ2v) is 4.36. The van der Waals surface area contributed by atoms with Crippen molar-refractivity contribution in [2.75, 3.05) is 5.88 Å². The van der Waals surface area contributed by atoms with Gasteiger partial charge in [-0.2, -0.15) is 0 Å². The average Bonchev–Trinajstić information content (AvgIpc) is 2.40. The number of halogens is 2. The van der Waals surface area contributed by atoms with Gasteiger partial charge in [-0.1, -0.05) is 0 Å². The Bertz CT molecular complexity index is 606. The van der Waals surface area contributed by atoms with Crippen LogP contribution in [0.1, 0.15) is 11.1 Å². The Labute approximate surface area is 125 Å². The number of ether oxygens (including phenoxy) is 1. The van der Waals surface area contributed by atoms with Crippen molar-refractivity contribution < 1.29 is 14.1 Å². The van der Waals surface area contributed by atoms with E-state index in [0.29, 0.717) is 11.1 Å². The summed E-state index contributed by atoms with van der Waals surface area (Å²) in [7, 11) is 0. The Balaban J connectivity index is 3.31. The number of benzene rings is 1. The Kier molecular flexibility index (Phi) is 5.98. The number of alkyl halides is 1. The summed E-state index contributed by atoms with van der Waals surface area (Å²) in [4.78, 5) is 20.3. The third-order valence-corrected chi connectivity index (χ3v) is 2.79. The van der Waals surface area contributed by atoms with Crippen LogP contribution in [0.4, 0.5) is 4.39 Å². The maximum Gasteiger partial charge on any atom is 0.310 e. The summed E-state index contributed by atoms with van der Waals surface area (Å²) in [6.07, 6.45) is 1.61. The van der Waals surface area contributed by atoms with Gasteiger partial charge in [-0.25, -0.2) is 4.39 Å². The smallest absolute Gasteiger partial charge is 0.310 e. The molecule has 0 saturated heterocycles. The molecule has 0 saturated carbocycles. The van der Waals surface area contributed by atoms with Gasteiger partial charge in [0.25, 0.3) is 0 Å². The van der Waals surface area contributed by atoms with Crippen molar-refractivity contribution in [2.45, 2.75) is 13.8 Å². The second kappa shape index (κ2) is 7.49. The van der Waals surface area contributed by atoms with Crippen LogP contribution in [0.25, 0.3) is 0 Å². The lowest BCUT2D eigenvalue weighted by Crippen LogP contribution is -2.09. The number of hydrogen-bond acceptors (Lipinski definition) is 5. The number of nitroso groups, excluding NO2 is 1. The zero-order valence-corrected chi connectivity index (χ0v) is 12.1. The van der Waals surface area contributed by atoms with Crippen molar-refractivity contribution in [1.29, 1.82) is 0 Å². The van der Waals surface area contributed by atoms with Crippen LogP contribution < -0.4 is 4.74 Å². The molecular formula is C13H12ClFN2O4. The van der Waals surface area contributed by atoms with Gasteiger partial charge < -0.3 is 4.74 Å². The molecule has 0 aliphatic carbocycles. The molecule has 0 aliphatic rings. The lowest BCUT2D eigenvalue weighted by molar-refractivity contribution is -0.421. The molecule has 0 aliphatic heterocycles. The first kappa shape index (κ1) is 16.8. The fraction of sp³-hybridized carbons (Fsp3) is 0.231. The van der Waals surface area contributed by atoms with Crippen molar-refractivity contribution >= 4 is 11.6 Å². The Morgan fingerprint density at radius 1 is 1.48 bits per heavy atom. The predicted octanol–water partition coefficient (Wildman–Crippen LogP) is 3.83. The highest BCUT2D eigenvalue weighted by Gasteiger charge is 2.19. The van der Waals surface area contributed by atoms with Crippen LogP contribution in [0.3, 0.4) is 0 Å². The average molecular weight is 315 g/mol. The largest absolute Gasteiger partial charge is 0.453 e. The Morgan fingerprint density at radius 3 is 2.48 bits per heavy atom. The molecule has 0 bridgehead atoms. The van der Waals surface area contributed by atoms with Crippen molar-refractivity contribution in [1.82, 2.24) is 0 Å². The summed E-state index contributed by atoms with van der Waals surface area (Å²) < 4.78 is 18.7. The molecule has 1 aromatic carbocycles. The van der Waals surface area contributed by atoms with Gasteiger partial charge in [-0.05, 0) is 42.3 Å². The standard InChI is InChI=1S/C13H12ClFN2O4/c1-8-5-10(15)6-9(2)13(8)21-12(7-14)11(17(19)20)3-4-16-18/h3-6H,7H2,1-2H3/b4-3-,12-11-. The van der Waals surface area contributed by atoms with Gasteiger partial charge >= 0.3 is 5.70 Å². The molecule has 21 heavy (non-hydrogen) atoms. The van der Waals surface area contributed by atoms with E-state index in [4.69, 9.17) is 16.3 Å². The molecule has 0 N–H and O–H groups in total. The lowest BCUT2D eigenvalue weighted by atomic mass is 10.1. The number of hydrogen-bond donors (Lipinski definition) is 0. The van der Waals surface area contributed by atoms with Crippen LogP contribution in [0.2, 0.25) is 0 Å². The fourth-order valence-corrected chi connectivity index (χ4v) is 1.88. The van der Waals surface area contributed by atoms with Gasteiger partial charge in [-0.15, -0.1) is 16.5 Å². The molecule has 8 heteroatoms. The third kappa shape index (κ3) is 4.35. The van der Waals surface area contributed by atoms with Gasteiger partial charge in [0.2, 0.25) is 0 Å². The molecule has 0 radical (unpaired) electrons. The summed E-state index contributed by atoms with van der Waals surface area (Å²) >= 11 is 5.67. The monoisotopic (exact) mass is 314 g/mol. The van der Waals surface area contributed by atoms with Crippen LogP contribution in [0.15, 0.2) is 41.0 Å². The first-order valence-electron chi connectivity index (χ1n) is 5.77. The second-order valence-electron chi connectivity index (χ2n) is 4.09. The highest BCUT2D eigenvalue weighted by molar-refractivity contribution is 6.19. The SMILES string of the molecule is Cc1cc(F)cc(C)c1O/C(CCl)=C(/C=C\N=O)[N+](=O)[O-]. The first-order valence-corrected chi connectivity index (χ1v) is 6.31. The van der Waals surface area contributed by atoms with Crippen molar-refractivity contribution in [3.05, 3.63) is 67.8 Å². The molecule has 0 heterocycles. The molecule has 1 rings (SSSR count). The number of aryl methyl sites for hydroxylation is 2. The van der Waals surface area contributed by atoms with Crippen LogP contribution >= 0.6 is 11.6 Å². The highest BCUT2D eigenvalue weighted by atomic mass is 35.5. The molecule has 0 amide bonds. The maximum absolute atomic E-state index is 13.2. The lowest BCUT2D eigenvalue weighted by Gasteiger charge is -2.13. The molecular weight excluding hydrogens is 303 g/mol. The zero-order chi connectivity index (χ0) is 16.0. The van der Waals surface area contributed by atoms with Crippen LogP contribution in [0.5, 0.6) is 5.75 Å². The topological polar surface area (TPSA) is 81.8 Å². The maximum atomic E-state index is 13.2. The van der Waals surface area contributed by atoms with Crippen molar-refractivity contribution in [3.8, 4) is 5.75 Å². The van der Waals surface area contributed by atoms with Gasteiger partial charge in [0.15, 0.2) is 5.76 Å². The molecule has 0 unspecified atom stereocenters. The number of nitro groups is 1. The van der Waals surface area contributed by atoms with Gasteiger partial charge in [0.1, 0.15) is 11.6 Å². The fourth-order valence-electron chi connectivity index (χ4n) is 1.69. The summed E-state index contributed by atoms with van der Waals surface area (Å²) in [6, 6.07) is 2.48. The van der Waals surface area contributed by atoms with E-state index in [1.165, 1.54) is 12.1 Å². The minimum Gasteiger partial charge on any atom is -0.453 e. The summed E-state index contributed by atoms with van der Waals surface area (Å²) in [5.41, 5.74) is 0.443. The Morgan fingerprint density at radius 2 is 2.05 bits per heavy atom. The van der Waals surface area contributed by atoms with E-state index in [1.807, 2.05) is 0 Å². The van der Waals surface area contributed by atoms with Crippen molar-refractivity contribution in [2.24, 2.45) is 5.18 Å². The van der Waals surface area contributed by atoms with Gasteiger partial charge in [-0.3, -0.25) is 10.1 Å². The molecule has 0 aromatic heterocycles. The quantitative estimate of drug-likeness (QED) is 0.199. The normalized spacial score (nSPS) is 12.2.